The van der Waals surface area contributed by atoms with E-state index in [0.717, 1.165) is 5.56 Å². The summed E-state index contributed by atoms with van der Waals surface area (Å²) < 4.78 is 5.43. The van der Waals surface area contributed by atoms with Gasteiger partial charge in [-0.25, -0.2) is 4.79 Å². The van der Waals surface area contributed by atoms with Crippen LogP contribution in [0.2, 0.25) is 0 Å². The van der Waals surface area contributed by atoms with Crippen molar-refractivity contribution < 1.29 is 24.2 Å². The predicted octanol–water partition coefficient (Wildman–Crippen LogP) is 1.64. The fourth-order valence-corrected chi connectivity index (χ4v) is 3.05. The van der Waals surface area contributed by atoms with Gasteiger partial charge >= 0.3 is 12.0 Å². The Hall–Kier alpha value is -2.77. The molecular formula is C19H27N3O5. The van der Waals surface area contributed by atoms with E-state index in [1.165, 1.54) is 0 Å². The highest BCUT2D eigenvalue weighted by Gasteiger charge is 2.26. The Balaban J connectivity index is 1.73. The molecule has 1 fully saturated rings. The molecule has 3 amide bonds. The van der Waals surface area contributed by atoms with E-state index in [2.05, 4.69) is 16.0 Å². The number of carboxylic acids is 1. The minimum atomic E-state index is -0.757. The molecule has 0 spiro atoms. The van der Waals surface area contributed by atoms with Crippen LogP contribution in [-0.2, 0) is 16.1 Å². The molecule has 8 nitrogen and oxygen atoms in total. The lowest BCUT2D eigenvalue weighted by atomic mass is 9.86. The molecule has 1 aromatic carbocycles. The molecule has 0 aromatic heterocycles. The van der Waals surface area contributed by atoms with E-state index in [-0.39, 0.29) is 30.5 Å². The van der Waals surface area contributed by atoms with Crippen molar-refractivity contribution in [2.45, 2.75) is 45.2 Å². The highest BCUT2D eigenvalue weighted by molar-refractivity contribution is 5.77. The Morgan fingerprint density at radius 3 is 2.56 bits per heavy atom. The summed E-state index contributed by atoms with van der Waals surface area (Å²) in [7, 11) is 0. The lowest BCUT2D eigenvalue weighted by Crippen LogP contribution is -2.43. The highest BCUT2D eigenvalue weighted by Crippen LogP contribution is 2.24. The molecule has 0 unspecified atom stereocenters. The maximum absolute atomic E-state index is 12.0. The number of carboxylic acid groups (broad SMARTS) is 1. The Morgan fingerprint density at radius 2 is 1.89 bits per heavy atom. The summed E-state index contributed by atoms with van der Waals surface area (Å²) in [4.78, 5) is 34.4. The monoisotopic (exact) mass is 377 g/mol. The number of likely N-dealkylation sites (N-methyl/N-ethyl adjacent to an activating group) is 1. The van der Waals surface area contributed by atoms with Crippen LogP contribution in [0.1, 0.15) is 38.2 Å². The molecule has 0 atom stereocenters. The first-order valence-corrected chi connectivity index (χ1v) is 9.23. The van der Waals surface area contributed by atoms with Crippen LogP contribution in [0.4, 0.5) is 4.79 Å². The summed E-state index contributed by atoms with van der Waals surface area (Å²) in [5.41, 5.74) is 0.855. The number of carbonyl (C=O) groups is 3. The summed E-state index contributed by atoms with van der Waals surface area (Å²) in [6.07, 6.45) is 2.53. The van der Waals surface area contributed by atoms with Crippen LogP contribution >= 0.6 is 0 Å². The van der Waals surface area contributed by atoms with Crippen molar-refractivity contribution in [2.24, 2.45) is 5.92 Å². The minimum absolute atomic E-state index is 0.00680. The first-order valence-electron chi connectivity index (χ1n) is 9.23. The second kappa shape index (κ2) is 10.4. The molecule has 0 saturated heterocycles. The number of rotatable bonds is 8. The van der Waals surface area contributed by atoms with E-state index in [1.807, 2.05) is 13.0 Å². The zero-order valence-corrected chi connectivity index (χ0v) is 15.5. The van der Waals surface area contributed by atoms with Crippen LogP contribution in [-0.4, -0.2) is 42.2 Å². The van der Waals surface area contributed by atoms with Gasteiger partial charge in [-0.1, -0.05) is 12.1 Å². The summed E-state index contributed by atoms with van der Waals surface area (Å²) >= 11 is 0. The summed E-state index contributed by atoms with van der Waals surface area (Å²) in [6, 6.07) is 6.92. The SMILES string of the molecule is CCNC(=O)COc1cccc(CNC(=O)NC2CCC(C(=O)O)CC2)c1. The second-order valence-electron chi connectivity index (χ2n) is 6.60. The number of benzene rings is 1. The second-order valence-corrected chi connectivity index (χ2v) is 6.60. The van der Waals surface area contributed by atoms with Crippen LogP contribution in [0.5, 0.6) is 5.75 Å². The molecule has 0 radical (unpaired) electrons. The Kier molecular flexibility index (Phi) is 7.91. The molecule has 0 aliphatic heterocycles. The fraction of sp³-hybridized carbons (Fsp3) is 0.526. The molecule has 1 aromatic rings. The Labute approximate surface area is 158 Å². The number of urea groups is 1. The van der Waals surface area contributed by atoms with Gasteiger partial charge in [0.25, 0.3) is 5.91 Å². The van der Waals surface area contributed by atoms with E-state index in [9.17, 15) is 14.4 Å². The van der Waals surface area contributed by atoms with Crippen molar-refractivity contribution in [1.29, 1.82) is 0 Å². The molecule has 1 aliphatic rings. The number of nitrogens with one attached hydrogen (secondary N) is 3. The molecule has 0 heterocycles. The molecule has 27 heavy (non-hydrogen) atoms. The number of amides is 3. The van der Waals surface area contributed by atoms with Crippen molar-refractivity contribution in [3.05, 3.63) is 29.8 Å². The van der Waals surface area contributed by atoms with E-state index >= 15 is 0 Å². The third kappa shape index (κ3) is 7.16. The lowest BCUT2D eigenvalue weighted by Gasteiger charge is -2.26. The maximum Gasteiger partial charge on any atom is 0.315 e. The van der Waals surface area contributed by atoms with Gasteiger partial charge in [0, 0.05) is 19.1 Å². The van der Waals surface area contributed by atoms with Crippen molar-refractivity contribution in [3.63, 3.8) is 0 Å². The zero-order chi connectivity index (χ0) is 19.6. The molecule has 4 N–H and O–H groups in total. The first-order chi connectivity index (χ1) is 13.0. The van der Waals surface area contributed by atoms with Crippen molar-refractivity contribution >= 4 is 17.9 Å². The van der Waals surface area contributed by atoms with E-state index in [0.29, 0.717) is 44.5 Å². The summed E-state index contributed by atoms with van der Waals surface area (Å²) in [5.74, 6) is -0.675. The Morgan fingerprint density at radius 1 is 1.15 bits per heavy atom. The molecule has 2 rings (SSSR count). The van der Waals surface area contributed by atoms with Gasteiger partial charge in [-0.2, -0.15) is 0 Å². The molecule has 148 valence electrons. The largest absolute Gasteiger partial charge is 0.484 e. The van der Waals surface area contributed by atoms with Crippen molar-refractivity contribution in [2.75, 3.05) is 13.2 Å². The van der Waals surface area contributed by atoms with Gasteiger partial charge in [0.05, 0.1) is 5.92 Å². The number of hydrogen-bond acceptors (Lipinski definition) is 4. The van der Waals surface area contributed by atoms with Gasteiger partial charge in [0.1, 0.15) is 5.75 Å². The molecular weight excluding hydrogens is 350 g/mol. The smallest absolute Gasteiger partial charge is 0.315 e. The topological polar surface area (TPSA) is 117 Å². The van der Waals surface area contributed by atoms with Crippen LogP contribution < -0.4 is 20.7 Å². The molecule has 0 bridgehead atoms. The average molecular weight is 377 g/mol. The molecule has 1 saturated carbocycles. The third-order valence-corrected chi connectivity index (χ3v) is 4.51. The third-order valence-electron chi connectivity index (χ3n) is 4.51. The van der Waals surface area contributed by atoms with Crippen LogP contribution in [0.15, 0.2) is 24.3 Å². The van der Waals surface area contributed by atoms with Gasteiger partial charge in [0.15, 0.2) is 6.61 Å². The van der Waals surface area contributed by atoms with Crippen LogP contribution in [0.3, 0.4) is 0 Å². The number of carbonyl (C=O) groups excluding carboxylic acids is 2. The highest BCUT2D eigenvalue weighted by atomic mass is 16.5. The van der Waals surface area contributed by atoms with Gasteiger partial charge < -0.3 is 25.8 Å². The summed E-state index contributed by atoms with van der Waals surface area (Å²) in [6.45, 7) is 2.67. The van der Waals surface area contributed by atoms with Crippen molar-refractivity contribution in [3.8, 4) is 5.75 Å². The zero-order valence-electron chi connectivity index (χ0n) is 15.5. The van der Waals surface area contributed by atoms with Crippen molar-refractivity contribution in [1.82, 2.24) is 16.0 Å². The van der Waals surface area contributed by atoms with E-state index in [1.54, 1.807) is 18.2 Å². The van der Waals surface area contributed by atoms with Gasteiger partial charge in [-0.3, -0.25) is 9.59 Å². The lowest BCUT2D eigenvalue weighted by molar-refractivity contribution is -0.142. The van der Waals surface area contributed by atoms with Crippen LogP contribution in [0, 0.1) is 5.92 Å². The maximum atomic E-state index is 12.0. The normalized spacial score (nSPS) is 19.0. The number of ether oxygens (including phenoxy) is 1. The minimum Gasteiger partial charge on any atom is -0.484 e. The standard InChI is InChI=1S/C19H27N3O5/c1-2-20-17(23)12-27-16-5-3-4-13(10-16)11-21-19(26)22-15-8-6-14(7-9-15)18(24)25/h3-5,10,14-15H,2,6-9,11-12H2,1H3,(H,20,23)(H,24,25)(H2,21,22,26). The van der Waals surface area contributed by atoms with Gasteiger partial charge in [0.2, 0.25) is 0 Å². The van der Waals surface area contributed by atoms with Gasteiger partial charge in [-0.15, -0.1) is 0 Å². The van der Waals surface area contributed by atoms with Crippen LogP contribution in [0.25, 0.3) is 0 Å². The summed E-state index contributed by atoms with van der Waals surface area (Å²) in [5, 5.41) is 17.3. The number of hydrogen-bond donors (Lipinski definition) is 4. The Bertz CT molecular complexity index is 657. The van der Waals surface area contributed by atoms with E-state index in [4.69, 9.17) is 9.84 Å². The molecule has 1 aliphatic carbocycles. The van der Waals surface area contributed by atoms with Gasteiger partial charge in [-0.05, 0) is 50.3 Å². The number of aliphatic carboxylic acids is 1. The molecule has 8 heteroatoms. The average Bonchev–Trinajstić information content (AvgIpc) is 2.66. The predicted molar refractivity (Wildman–Crippen MR) is 99.4 cm³/mol. The first kappa shape index (κ1) is 20.5. The van der Waals surface area contributed by atoms with E-state index < -0.39 is 5.97 Å². The quantitative estimate of drug-likeness (QED) is 0.550. The fourth-order valence-electron chi connectivity index (χ4n) is 3.05.